The number of rotatable bonds is 5. The highest BCUT2D eigenvalue weighted by molar-refractivity contribution is 5.77. The van der Waals surface area contributed by atoms with Gasteiger partial charge in [0, 0.05) is 38.0 Å². The van der Waals surface area contributed by atoms with Crippen molar-refractivity contribution in [2.75, 3.05) is 18.5 Å². The van der Waals surface area contributed by atoms with Crippen LogP contribution < -0.4 is 5.32 Å². The minimum absolute atomic E-state index is 0.0572. The van der Waals surface area contributed by atoms with E-state index in [2.05, 4.69) is 31.8 Å². The van der Waals surface area contributed by atoms with Crippen LogP contribution in [0.2, 0.25) is 0 Å². The van der Waals surface area contributed by atoms with Gasteiger partial charge in [0.2, 0.25) is 5.95 Å². The van der Waals surface area contributed by atoms with Gasteiger partial charge in [-0.3, -0.25) is 0 Å². The molecule has 0 amide bonds. The van der Waals surface area contributed by atoms with Crippen molar-refractivity contribution >= 4 is 17.0 Å². The summed E-state index contributed by atoms with van der Waals surface area (Å²) in [5.41, 5.74) is 2.03. The van der Waals surface area contributed by atoms with E-state index < -0.39 is 0 Å². The number of para-hydroxylation sites is 2. The first kappa shape index (κ1) is 14.3. The van der Waals surface area contributed by atoms with Crippen molar-refractivity contribution in [3.63, 3.8) is 0 Å². The molecule has 1 aliphatic rings. The van der Waals surface area contributed by atoms with Gasteiger partial charge in [-0.1, -0.05) is 12.1 Å². The average Bonchev–Trinajstić information content (AvgIpc) is 3.29. The maximum absolute atomic E-state index is 5.95. The van der Waals surface area contributed by atoms with E-state index in [0.29, 0.717) is 5.92 Å². The van der Waals surface area contributed by atoms with E-state index in [1.807, 2.05) is 36.7 Å². The zero-order valence-electron chi connectivity index (χ0n) is 13.2. The minimum atomic E-state index is 0.0572. The van der Waals surface area contributed by atoms with Gasteiger partial charge in [0.1, 0.15) is 11.9 Å². The molecule has 120 valence electrons. The summed E-state index contributed by atoms with van der Waals surface area (Å²) in [6.45, 7) is 4.65. The maximum Gasteiger partial charge on any atom is 0.201 e. The molecule has 0 unspecified atom stereocenters. The monoisotopic (exact) mass is 311 g/mol. The van der Waals surface area contributed by atoms with Crippen molar-refractivity contribution in [3.05, 3.63) is 42.5 Å². The number of fused-ring (bicyclic) bond motifs is 1. The summed E-state index contributed by atoms with van der Waals surface area (Å²) in [7, 11) is 0. The first-order valence-electron chi connectivity index (χ1n) is 8.16. The molecule has 3 aromatic rings. The summed E-state index contributed by atoms with van der Waals surface area (Å²) >= 11 is 0. The fraction of sp³-hybridized carbons (Fsp3) is 0.412. The molecule has 0 spiro atoms. The Hall–Kier alpha value is -2.34. The van der Waals surface area contributed by atoms with Crippen molar-refractivity contribution in [2.45, 2.75) is 26.0 Å². The second-order valence-corrected chi connectivity index (χ2v) is 5.90. The van der Waals surface area contributed by atoms with Gasteiger partial charge in [-0.25, -0.2) is 9.97 Å². The summed E-state index contributed by atoms with van der Waals surface area (Å²) < 4.78 is 8.10. The fourth-order valence-electron chi connectivity index (χ4n) is 3.24. The zero-order valence-corrected chi connectivity index (χ0v) is 13.2. The van der Waals surface area contributed by atoms with Crippen molar-refractivity contribution in [1.82, 2.24) is 19.5 Å². The van der Waals surface area contributed by atoms with E-state index in [9.17, 15) is 0 Å². The Kier molecular flexibility index (Phi) is 3.75. The summed E-state index contributed by atoms with van der Waals surface area (Å²) in [4.78, 5) is 12.4. The normalized spacial score (nSPS) is 21.1. The van der Waals surface area contributed by atoms with E-state index in [1.165, 1.54) is 0 Å². The number of anilines is 1. The first-order valence-corrected chi connectivity index (χ1v) is 8.16. The molecule has 0 radical (unpaired) electrons. The van der Waals surface area contributed by atoms with Gasteiger partial charge in [-0.2, -0.15) is 0 Å². The predicted molar refractivity (Wildman–Crippen MR) is 89.3 cm³/mol. The zero-order chi connectivity index (χ0) is 15.6. The number of hydrogen-bond acceptors (Lipinski definition) is 4. The third-order valence-electron chi connectivity index (χ3n) is 4.48. The van der Waals surface area contributed by atoms with Gasteiger partial charge >= 0.3 is 0 Å². The van der Waals surface area contributed by atoms with Gasteiger partial charge in [-0.05, 0) is 25.5 Å². The fourth-order valence-corrected chi connectivity index (χ4v) is 3.24. The van der Waals surface area contributed by atoms with Crippen LogP contribution in [0.1, 0.15) is 25.3 Å². The topological polar surface area (TPSA) is 67.8 Å². The van der Waals surface area contributed by atoms with Gasteiger partial charge < -0.3 is 19.6 Å². The minimum Gasteiger partial charge on any atom is -0.370 e. The van der Waals surface area contributed by atoms with Crippen molar-refractivity contribution in [3.8, 4) is 0 Å². The molecule has 2 atom stereocenters. The number of aryl methyl sites for hydroxylation is 1. The van der Waals surface area contributed by atoms with Gasteiger partial charge in [0.15, 0.2) is 0 Å². The number of H-pyrrole nitrogens is 1. The van der Waals surface area contributed by atoms with E-state index in [1.54, 1.807) is 0 Å². The lowest BCUT2D eigenvalue weighted by Crippen LogP contribution is -2.21. The summed E-state index contributed by atoms with van der Waals surface area (Å²) in [5, 5.41) is 3.42. The number of aromatic nitrogens is 4. The lowest BCUT2D eigenvalue weighted by atomic mass is 10.0. The summed E-state index contributed by atoms with van der Waals surface area (Å²) in [6.07, 6.45) is 4.96. The largest absolute Gasteiger partial charge is 0.370 e. The lowest BCUT2D eigenvalue weighted by Gasteiger charge is -2.19. The summed E-state index contributed by atoms with van der Waals surface area (Å²) in [5.74, 6) is 2.24. The Bertz CT molecular complexity index is 760. The van der Waals surface area contributed by atoms with Crippen LogP contribution in [0.5, 0.6) is 0 Å². The number of nitrogens with zero attached hydrogens (tertiary/aromatic N) is 3. The van der Waals surface area contributed by atoms with Crippen LogP contribution in [0.3, 0.4) is 0 Å². The molecule has 0 saturated carbocycles. The molecule has 6 heteroatoms. The van der Waals surface area contributed by atoms with Crippen LogP contribution in [0, 0.1) is 5.92 Å². The highest BCUT2D eigenvalue weighted by Crippen LogP contribution is 2.33. The van der Waals surface area contributed by atoms with Gasteiger partial charge in [0.25, 0.3) is 0 Å². The molecule has 3 heterocycles. The van der Waals surface area contributed by atoms with E-state index >= 15 is 0 Å². The van der Waals surface area contributed by atoms with Crippen LogP contribution in [-0.2, 0) is 11.3 Å². The standard InChI is InChI=1S/C17H21N5O/c1-2-22-9-8-18-16(22)15-12(7-10-23-15)11-19-17-20-13-5-3-4-6-14(13)21-17/h3-6,8-9,12,15H,2,7,10-11H2,1H3,(H2,19,20,21)/t12-,15+/m0/s1. The molecule has 1 aliphatic heterocycles. The second kappa shape index (κ2) is 6.04. The average molecular weight is 311 g/mol. The number of hydrogen-bond donors (Lipinski definition) is 2. The first-order chi connectivity index (χ1) is 11.3. The maximum atomic E-state index is 5.95. The van der Waals surface area contributed by atoms with Crippen molar-refractivity contribution in [1.29, 1.82) is 0 Å². The Morgan fingerprint density at radius 3 is 3.17 bits per heavy atom. The second-order valence-electron chi connectivity index (χ2n) is 5.90. The van der Waals surface area contributed by atoms with Crippen molar-refractivity contribution < 1.29 is 4.74 Å². The van der Waals surface area contributed by atoms with Gasteiger partial charge in [0.05, 0.1) is 11.0 Å². The molecule has 6 nitrogen and oxygen atoms in total. The Morgan fingerprint density at radius 1 is 1.39 bits per heavy atom. The molecule has 1 saturated heterocycles. The number of ether oxygens (including phenoxy) is 1. The molecular weight excluding hydrogens is 290 g/mol. The van der Waals surface area contributed by atoms with Crippen LogP contribution in [0.25, 0.3) is 11.0 Å². The third kappa shape index (κ3) is 2.70. The number of aromatic amines is 1. The van der Waals surface area contributed by atoms with E-state index in [-0.39, 0.29) is 6.10 Å². The molecule has 1 aromatic carbocycles. The number of benzene rings is 1. The molecule has 4 rings (SSSR count). The van der Waals surface area contributed by atoms with Crippen LogP contribution in [0.4, 0.5) is 5.95 Å². The Morgan fingerprint density at radius 2 is 2.30 bits per heavy atom. The van der Waals surface area contributed by atoms with Crippen LogP contribution >= 0.6 is 0 Å². The van der Waals surface area contributed by atoms with Crippen LogP contribution in [0.15, 0.2) is 36.7 Å². The Labute approximate surface area is 134 Å². The van der Waals surface area contributed by atoms with Crippen LogP contribution in [-0.4, -0.2) is 32.7 Å². The highest BCUT2D eigenvalue weighted by atomic mass is 16.5. The SMILES string of the molecule is CCn1ccnc1[C@@H]1OCC[C@H]1CNc1nc2ccccc2[nH]1. The third-order valence-corrected chi connectivity index (χ3v) is 4.48. The quantitative estimate of drug-likeness (QED) is 0.760. The molecule has 2 N–H and O–H groups in total. The predicted octanol–water partition coefficient (Wildman–Crippen LogP) is 2.97. The molecule has 2 aromatic heterocycles. The molecule has 0 bridgehead atoms. The lowest BCUT2D eigenvalue weighted by molar-refractivity contribution is 0.0832. The number of nitrogens with one attached hydrogen (secondary N) is 2. The summed E-state index contributed by atoms with van der Waals surface area (Å²) in [6, 6.07) is 8.05. The molecule has 0 aliphatic carbocycles. The smallest absolute Gasteiger partial charge is 0.201 e. The Balaban J connectivity index is 1.47. The molecular formula is C17H21N5O. The highest BCUT2D eigenvalue weighted by Gasteiger charge is 2.32. The van der Waals surface area contributed by atoms with E-state index in [4.69, 9.17) is 4.74 Å². The van der Waals surface area contributed by atoms with E-state index in [0.717, 1.165) is 48.9 Å². The van der Waals surface area contributed by atoms with Crippen molar-refractivity contribution in [2.24, 2.45) is 5.92 Å². The van der Waals surface area contributed by atoms with Gasteiger partial charge in [-0.15, -0.1) is 0 Å². The molecule has 23 heavy (non-hydrogen) atoms. The number of imidazole rings is 2. The molecule has 1 fully saturated rings.